The van der Waals surface area contributed by atoms with E-state index in [1.165, 1.54) is 6.42 Å². The molecule has 0 saturated carbocycles. The molecule has 18 heavy (non-hydrogen) atoms. The van der Waals surface area contributed by atoms with E-state index in [2.05, 4.69) is 17.1 Å². The van der Waals surface area contributed by atoms with Gasteiger partial charge in [0, 0.05) is 32.2 Å². The van der Waals surface area contributed by atoms with Crippen LogP contribution in [-0.2, 0) is 9.53 Å². The summed E-state index contributed by atoms with van der Waals surface area (Å²) >= 11 is 0. The van der Waals surface area contributed by atoms with Crippen molar-refractivity contribution < 1.29 is 9.53 Å². The third-order valence-corrected chi connectivity index (χ3v) is 4.08. The van der Waals surface area contributed by atoms with Gasteiger partial charge in [0.25, 0.3) is 0 Å². The number of carbonyl (C=O) groups is 1. The van der Waals surface area contributed by atoms with Crippen LogP contribution in [0.3, 0.4) is 0 Å². The van der Waals surface area contributed by atoms with E-state index in [4.69, 9.17) is 4.74 Å². The van der Waals surface area contributed by atoms with E-state index in [-0.39, 0.29) is 0 Å². The van der Waals surface area contributed by atoms with E-state index in [0.717, 1.165) is 51.9 Å². The molecular weight excluding hydrogens is 228 g/mol. The Hall–Kier alpha value is -0.610. The summed E-state index contributed by atoms with van der Waals surface area (Å²) in [6.07, 6.45) is 6.49. The van der Waals surface area contributed by atoms with Crippen LogP contribution in [0.1, 0.15) is 45.4 Å². The first kappa shape index (κ1) is 13.8. The molecule has 0 aromatic heterocycles. The third-order valence-electron chi connectivity index (χ3n) is 4.08. The monoisotopic (exact) mass is 254 g/mol. The van der Waals surface area contributed by atoms with Gasteiger partial charge in [-0.15, -0.1) is 0 Å². The van der Waals surface area contributed by atoms with E-state index in [1.54, 1.807) is 0 Å². The van der Waals surface area contributed by atoms with Gasteiger partial charge in [-0.1, -0.05) is 0 Å². The summed E-state index contributed by atoms with van der Waals surface area (Å²) in [4.78, 5) is 14.3. The van der Waals surface area contributed by atoms with Crippen LogP contribution in [0, 0.1) is 0 Å². The molecule has 0 bridgehead atoms. The average molecular weight is 254 g/mol. The molecule has 104 valence electrons. The lowest BCUT2D eigenvalue weighted by Gasteiger charge is -2.34. The molecule has 0 spiro atoms. The fourth-order valence-electron chi connectivity index (χ4n) is 3.04. The summed E-state index contributed by atoms with van der Waals surface area (Å²) in [5, 5.41) is 3.38. The Morgan fingerprint density at radius 1 is 1.39 bits per heavy atom. The van der Waals surface area contributed by atoms with Gasteiger partial charge >= 0.3 is 0 Å². The number of hydrogen-bond donors (Lipinski definition) is 1. The number of nitrogens with one attached hydrogen (secondary N) is 1. The molecule has 2 saturated heterocycles. The Kier molecular flexibility index (Phi) is 5.45. The molecule has 1 amide bonds. The summed E-state index contributed by atoms with van der Waals surface area (Å²) in [5.74, 6) is 0.307. The molecule has 2 unspecified atom stereocenters. The highest BCUT2D eigenvalue weighted by Gasteiger charge is 2.25. The Balaban J connectivity index is 1.76. The highest BCUT2D eigenvalue weighted by molar-refractivity contribution is 5.76. The first-order chi connectivity index (χ1) is 8.81. The maximum atomic E-state index is 12.3. The predicted octanol–water partition coefficient (Wildman–Crippen LogP) is 1.55. The van der Waals surface area contributed by atoms with Gasteiger partial charge in [-0.25, -0.2) is 0 Å². The molecule has 1 N–H and O–H groups in total. The number of likely N-dealkylation sites (N-methyl/N-ethyl adjacent to an activating group) is 1. The van der Waals surface area contributed by atoms with Crippen molar-refractivity contribution in [3.8, 4) is 0 Å². The van der Waals surface area contributed by atoms with Gasteiger partial charge in [0.05, 0.1) is 6.10 Å². The number of piperidine rings is 1. The van der Waals surface area contributed by atoms with E-state index in [0.29, 0.717) is 24.5 Å². The van der Waals surface area contributed by atoms with Crippen LogP contribution in [0.4, 0.5) is 0 Å². The summed E-state index contributed by atoms with van der Waals surface area (Å²) < 4.78 is 5.58. The SMILES string of the molecule is CCN(C(=O)CCC1CCCO1)C1CCCNC1. The van der Waals surface area contributed by atoms with Crippen LogP contribution in [0.25, 0.3) is 0 Å². The minimum atomic E-state index is 0.307. The zero-order valence-corrected chi connectivity index (χ0v) is 11.5. The second kappa shape index (κ2) is 7.10. The number of amides is 1. The molecule has 2 aliphatic rings. The number of ether oxygens (including phenoxy) is 1. The number of carbonyl (C=O) groups excluding carboxylic acids is 1. The highest BCUT2D eigenvalue weighted by Crippen LogP contribution is 2.18. The normalized spacial score (nSPS) is 28.3. The minimum absolute atomic E-state index is 0.307. The van der Waals surface area contributed by atoms with Crippen molar-refractivity contribution in [2.75, 3.05) is 26.2 Å². The highest BCUT2D eigenvalue weighted by atomic mass is 16.5. The fraction of sp³-hybridized carbons (Fsp3) is 0.929. The van der Waals surface area contributed by atoms with Crippen molar-refractivity contribution >= 4 is 5.91 Å². The molecule has 2 aliphatic heterocycles. The molecule has 4 heteroatoms. The summed E-state index contributed by atoms with van der Waals surface area (Å²) in [5.41, 5.74) is 0. The number of rotatable bonds is 5. The topological polar surface area (TPSA) is 41.6 Å². The molecule has 4 nitrogen and oxygen atoms in total. The summed E-state index contributed by atoms with van der Waals surface area (Å²) in [7, 11) is 0. The van der Waals surface area contributed by atoms with Crippen LogP contribution in [0.2, 0.25) is 0 Å². The van der Waals surface area contributed by atoms with Gasteiger partial charge in [0.2, 0.25) is 5.91 Å². The minimum Gasteiger partial charge on any atom is -0.378 e. The maximum Gasteiger partial charge on any atom is 0.222 e. The van der Waals surface area contributed by atoms with Crippen molar-refractivity contribution in [2.45, 2.75) is 57.6 Å². The zero-order valence-electron chi connectivity index (χ0n) is 11.5. The molecule has 0 radical (unpaired) electrons. The van der Waals surface area contributed by atoms with E-state index >= 15 is 0 Å². The zero-order chi connectivity index (χ0) is 12.8. The molecule has 2 rings (SSSR count). The summed E-state index contributed by atoms with van der Waals surface area (Å²) in [6, 6.07) is 0.403. The second-order valence-electron chi connectivity index (χ2n) is 5.35. The van der Waals surface area contributed by atoms with Crippen LogP contribution in [0.5, 0.6) is 0 Å². The predicted molar refractivity (Wildman–Crippen MR) is 71.5 cm³/mol. The summed E-state index contributed by atoms with van der Waals surface area (Å²) in [6.45, 7) is 5.84. The lowest BCUT2D eigenvalue weighted by molar-refractivity contribution is -0.134. The standard InChI is InChI=1S/C14H26N2O2/c1-2-16(12-5-3-9-15-11-12)14(17)8-7-13-6-4-10-18-13/h12-13,15H,2-11H2,1H3. The van der Waals surface area contributed by atoms with Crippen molar-refractivity contribution in [1.82, 2.24) is 10.2 Å². The van der Waals surface area contributed by atoms with Crippen molar-refractivity contribution in [2.24, 2.45) is 0 Å². The van der Waals surface area contributed by atoms with Crippen molar-refractivity contribution in [3.05, 3.63) is 0 Å². The Morgan fingerprint density at radius 2 is 2.28 bits per heavy atom. The molecule has 2 atom stereocenters. The van der Waals surface area contributed by atoms with Crippen molar-refractivity contribution in [1.29, 1.82) is 0 Å². The van der Waals surface area contributed by atoms with Gasteiger partial charge in [0.15, 0.2) is 0 Å². The molecule has 2 fully saturated rings. The Labute approximate surface area is 110 Å². The lowest BCUT2D eigenvalue weighted by atomic mass is 10.0. The first-order valence-corrected chi connectivity index (χ1v) is 7.43. The van der Waals surface area contributed by atoms with Gasteiger partial charge < -0.3 is 15.0 Å². The molecule has 0 aromatic carbocycles. The largest absolute Gasteiger partial charge is 0.378 e. The molecule has 0 aliphatic carbocycles. The maximum absolute atomic E-state index is 12.3. The Morgan fingerprint density at radius 3 is 2.89 bits per heavy atom. The van der Waals surface area contributed by atoms with E-state index in [9.17, 15) is 4.79 Å². The molecule has 2 heterocycles. The van der Waals surface area contributed by atoms with Gasteiger partial charge in [-0.3, -0.25) is 4.79 Å². The van der Waals surface area contributed by atoms with Crippen LogP contribution in [-0.4, -0.2) is 49.2 Å². The van der Waals surface area contributed by atoms with Crippen LogP contribution in [0.15, 0.2) is 0 Å². The average Bonchev–Trinajstić information content (AvgIpc) is 2.92. The third kappa shape index (κ3) is 3.69. The van der Waals surface area contributed by atoms with E-state index in [1.807, 2.05) is 0 Å². The van der Waals surface area contributed by atoms with Gasteiger partial charge in [-0.05, 0) is 45.6 Å². The number of nitrogens with zero attached hydrogens (tertiary/aromatic N) is 1. The van der Waals surface area contributed by atoms with Gasteiger partial charge in [-0.2, -0.15) is 0 Å². The first-order valence-electron chi connectivity index (χ1n) is 7.43. The van der Waals surface area contributed by atoms with E-state index < -0.39 is 0 Å². The van der Waals surface area contributed by atoms with Gasteiger partial charge in [0.1, 0.15) is 0 Å². The van der Waals surface area contributed by atoms with Crippen LogP contribution >= 0.6 is 0 Å². The Bertz CT molecular complexity index is 259. The molecule has 0 aromatic rings. The van der Waals surface area contributed by atoms with Crippen molar-refractivity contribution in [3.63, 3.8) is 0 Å². The smallest absolute Gasteiger partial charge is 0.222 e. The quantitative estimate of drug-likeness (QED) is 0.809. The fourth-order valence-corrected chi connectivity index (χ4v) is 3.04. The lowest BCUT2D eigenvalue weighted by Crippen LogP contribution is -2.48. The number of hydrogen-bond acceptors (Lipinski definition) is 3. The second-order valence-corrected chi connectivity index (χ2v) is 5.35. The van der Waals surface area contributed by atoms with Crippen LogP contribution < -0.4 is 5.32 Å². The molecular formula is C14H26N2O2.